The number of nitrogens with zero attached hydrogens (tertiary/aromatic N) is 1. The average molecular weight is 443 g/mol. The van der Waals surface area contributed by atoms with E-state index < -0.39 is 21.9 Å². The van der Waals surface area contributed by atoms with E-state index in [1.54, 1.807) is 0 Å². The van der Waals surface area contributed by atoms with Crippen LogP contribution in [0.5, 0.6) is 0 Å². The molecular weight excluding hydrogens is 412 g/mol. The molecule has 0 saturated carbocycles. The van der Waals surface area contributed by atoms with Crippen LogP contribution in [0.15, 0.2) is 0 Å². The van der Waals surface area contributed by atoms with Crippen LogP contribution in [-0.4, -0.2) is 50.6 Å². The SMILES string of the molecule is CCCS(=O)(=O)N1CCCC(C(=O)Nc2sc3c(c2C(=O)OC)CCCCC3)C1. The van der Waals surface area contributed by atoms with Gasteiger partial charge in [-0.25, -0.2) is 17.5 Å². The number of anilines is 1. The van der Waals surface area contributed by atoms with Crippen LogP contribution in [0.2, 0.25) is 0 Å². The number of piperidine rings is 1. The van der Waals surface area contributed by atoms with Gasteiger partial charge in [-0.05, 0) is 50.5 Å². The Balaban J connectivity index is 1.79. The van der Waals surface area contributed by atoms with Crippen molar-refractivity contribution in [3.05, 3.63) is 16.0 Å². The number of hydrogen-bond acceptors (Lipinski definition) is 6. The molecule has 1 fully saturated rings. The standard InChI is InChI=1S/C20H30N2O5S2/c1-3-12-29(25,26)22-11-7-8-14(13-22)18(23)21-19-17(20(24)27-2)15-9-5-4-6-10-16(15)28-19/h14H,3-13H2,1-2H3,(H,21,23). The molecule has 1 amide bonds. The van der Waals surface area contributed by atoms with Gasteiger partial charge < -0.3 is 10.1 Å². The minimum atomic E-state index is -3.32. The summed E-state index contributed by atoms with van der Waals surface area (Å²) >= 11 is 1.46. The van der Waals surface area contributed by atoms with Gasteiger partial charge in [-0.2, -0.15) is 0 Å². The summed E-state index contributed by atoms with van der Waals surface area (Å²) in [5, 5.41) is 3.48. The van der Waals surface area contributed by atoms with Gasteiger partial charge in [0, 0.05) is 18.0 Å². The van der Waals surface area contributed by atoms with Crippen LogP contribution in [0.4, 0.5) is 5.00 Å². The van der Waals surface area contributed by atoms with Crippen molar-refractivity contribution in [1.29, 1.82) is 0 Å². The molecule has 1 aromatic rings. The Bertz CT molecular complexity index is 862. The highest BCUT2D eigenvalue weighted by molar-refractivity contribution is 7.89. The molecule has 0 aromatic carbocycles. The first kappa shape index (κ1) is 22.2. The Morgan fingerprint density at radius 1 is 1.21 bits per heavy atom. The molecule has 7 nitrogen and oxygen atoms in total. The topological polar surface area (TPSA) is 92.8 Å². The summed E-state index contributed by atoms with van der Waals surface area (Å²) in [6.45, 7) is 2.50. The van der Waals surface area contributed by atoms with Gasteiger partial charge in [0.25, 0.3) is 0 Å². The van der Waals surface area contributed by atoms with Crippen molar-refractivity contribution < 1.29 is 22.7 Å². The number of esters is 1. The second-order valence-electron chi connectivity index (χ2n) is 7.76. The molecule has 1 N–H and O–H groups in total. The third kappa shape index (κ3) is 5.00. The summed E-state index contributed by atoms with van der Waals surface area (Å²) in [7, 11) is -1.97. The van der Waals surface area contributed by atoms with E-state index in [0.717, 1.165) is 42.5 Å². The second kappa shape index (κ2) is 9.57. The Hall–Kier alpha value is -1.45. The Morgan fingerprint density at radius 3 is 2.69 bits per heavy atom. The van der Waals surface area contributed by atoms with Crippen molar-refractivity contribution >= 4 is 38.2 Å². The summed E-state index contributed by atoms with van der Waals surface area (Å²) in [6.07, 6.45) is 6.81. The normalized spacial score (nSPS) is 20.6. The number of thiophene rings is 1. The molecule has 0 spiro atoms. The van der Waals surface area contributed by atoms with Crippen LogP contribution in [0, 0.1) is 5.92 Å². The van der Waals surface area contributed by atoms with E-state index >= 15 is 0 Å². The lowest BCUT2D eigenvalue weighted by atomic mass is 9.98. The zero-order chi connectivity index (χ0) is 21.0. The van der Waals surface area contributed by atoms with Crippen LogP contribution >= 0.6 is 11.3 Å². The number of aryl methyl sites for hydroxylation is 1. The summed E-state index contributed by atoms with van der Waals surface area (Å²) in [5.41, 5.74) is 1.49. The van der Waals surface area contributed by atoms with Gasteiger partial charge in [0.2, 0.25) is 15.9 Å². The predicted molar refractivity (Wildman–Crippen MR) is 114 cm³/mol. The van der Waals surface area contributed by atoms with Crippen molar-refractivity contribution in [3.63, 3.8) is 0 Å². The average Bonchev–Trinajstić information content (AvgIpc) is 2.88. The summed E-state index contributed by atoms with van der Waals surface area (Å²) < 4.78 is 31.2. The molecule has 1 unspecified atom stereocenters. The highest BCUT2D eigenvalue weighted by Crippen LogP contribution is 2.38. The molecular formula is C20H30N2O5S2. The lowest BCUT2D eigenvalue weighted by molar-refractivity contribution is -0.120. The molecule has 162 valence electrons. The number of carbonyl (C=O) groups is 2. The quantitative estimate of drug-likeness (QED) is 0.539. The minimum Gasteiger partial charge on any atom is -0.465 e. The third-order valence-corrected chi connectivity index (χ3v) is 8.91. The number of ether oxygens (including phenoxy) is 1. The molecule has 1 atom stereocenters. The summed E-state index contributed by atoms with van der Waals surface area (Å²) in [5.74, 6) is -0.952. The molecule has 1 aliphatic heterocycles. The summed E-state index contributed by atoms with van der Waals surface area (Å²) in [4.78, 5) is 26.5. The Kier molecular flexibility index (Phi) is 7.34. The van der Waals surface area contributed by atoms with Gasteiger partial charge >= 0.3 is 5.97 Å². The molecule has 2 aliphatic rings. The first-order valence-electron chi connectivity index (χ1n) is 10.4. The molecule has 9 heteroatoms. The number of rotatable bonds is 6. The van der Waals surface area contributed by atoms with E-state index in [1.807, 2.05) is 6.92 Å². The van der Waals surface area contributed by atoms with Crippen LogP contribution in [0.3, 0.4) is 0 Å². The zero-order valence-electron chi connectivity index (χ0n) is 17.2. The van der Waals surface area contributed by atoms with Crippen LogP contribution in [0.25, 0.3) is 0 Å². The fraction of sp³-hybridized carbons (Fsp3) is 0.700. The maximum atomic E-state index is 13.0. The molecule has 0 radical (unpaired) electrons. The fourth-order valence-electron chi connectivity index (χ4n) is 4.16. The number of methoxy groups -OCH3 is 1. The van der Waals surface area contributed by atoms with Gasteiger partial charge in [0.05, 0.1) is 24.3 Å². The monoisotopic (exact) mass is 442 g/mol. The highest BCUT2D eigenvalue weighted by Gasteiger charge is 2.33. The number of nitrogens with one attached hydrogen (secondary N) is 1. The summed E-state index contributed by atoms with van der Waals surface area (Å²) in [6, 6.07) is 0. The molecule has 2 heterocycles. The van der Waals surface area contributed by atoms with Gasteiger partial charge in [0.15, 0.2) is 0 Å². The van der Waals surface area contributed by atoms with E-state index in [2.05, 4.69) is 5.32 Å². The third-order valence-electron chi connectivity index (χ3n) is 5.66. The van der Waals surface area contributed by atoms with Gasteiger partial charge in [-0.3, -0.25) is 4.79 Å². The van der Waals surface area contributed by atoms with Crippen molar-refractivity contribution in [2.45, 2.75) is 58.3 Å². The van der Waals surface area contributed by atoms with E-state index in [4.69, 9.17) is 4.74 Å². The van der Waals surface area contributed by atoms with Gasteiger partial charge in [0.1, 0.15) is 5.00 Å². The molecule has 3 rings (SSSR count). The minimum absolute atomic E-state index is 0.103. The highest BCUT2D eigenvalue weighted by atomic mass is 32.2. The van der Waals surface area contributed by atoms with Crippen LogP contribution < -0.4 is 5.32 Å². The second-order valence-corrected chi connectivity index (χ2v) is 11.0. The van der Waals surface area contributed by atoms with E-state index in [1.165, 1.54) is 22.8 Å². The smallest absolute Gasteiger partial charge is 0.341 e. The maximum Gasteiger partial charge on any atom is 0.341 e. The lowest BCUT2D eigenvalue weighted by Crippen LogP contribution is -2.44. The first-order valence-corrected chi connectivity index (χ1v) is 12.8. The van der Waals surface area contributed by atoms with Crippen molar-refractivity contribution in [2.24, 2.45) is 5.92 Å². The van der Waals surface area contributed by atoms with E-state index in [0.29, 0.717) is 36.4 Å². The maximum absolute atomic E-state index is 13.0. The number of sulfonamides is 1. The Morgan fingerprint density at radius 2 is 1.97 bits per heavy atom. The number of amides is 1. The molecule has 1 saturated heterocycles. The van der Waals surface area contributed by atoms with Crippen molar-refractivity contribution in [3.8, 4) is 0 Å². The molecule has 1 aliphatic carbocycles. The van der Waals surface area contributed by atoms with Crippen molar-refractivity contribution in [2.75, 3.05) is 31.3 Å². The molecule has 1 aromatic heterocycles. The lowest BCUT2D eigenvalue weighted by Gasteiger charge is -2.31. The zero-order valence-corrected chi connectivity index (χ0v) is 18.8. The largest absolute Gasteiger partial charge is 0.465 e. The first-order chi connectivity index (χ1) is 13.9. The number of hydrogen-bond donors (Lipinski definition) is 1. The van der Waals surface area contributed by atoms with Gasteiger partial charge in [-0.1, -0.05) is 13.3 Å². The Labute approximate surface area is 176 Å². The molecule has 29 heavy (non-hydrogen) atoms. The van der Waals surface area contributed by atoms with E-state index in [9.17, 15) is 18.0 Å². The van der Waals surface area contributed by atoms with Crippen LogP contribution in [-0.2, 0) is 32.4 Å². The predicted octanol–water partition coefficient (Wildman–Crippen LogP) is 3.19. The van der Waals surface area contributed by atoms with Gasteiger partial charge in [-0.15, -0.1) is 11.3 Å². The molecule has 0 bridgehead atoms. The number of fused-ring (bicyclic) bond motifs is 1. The fourth-order valence-corrected chi connectivity index (χ4v) is 7.03. The van der Waals surface area contributed by atoms with Crippen LogP contribution in [0.1, 0.15) is 66.2 Å². The number of carbonyl (C=O) groups excluding carboxylic acids is 2. The van der Waals surface area contributed by atoms with E-state index in [-0.39, 0.29) is 18.2 Å². The van der Waals surface area contributed by atoms with Crippen molar-refractivity contribution in [1.82, 2.24) is 4.31 Å².